The molecule has 0 bridgehead atoms. The van der Waals surface area contributed by atoms with Crippen molar-refractivity contribution in [3.8, 4) is 5.82 Å². The summed E-state index contributed by atoms with van der Waals surface area (Å²) in [5.74, 6) is 0.711. The van der Waals surface area contributed by atoms with E-state index in [-0.39, 0.29) is 35.6 Å². The zero-order valence-electron chi connectivity index (χ0n) is 26.7. The molecule has 0 saturated heterocycles. The van der Waals surface area contributed by atoms with E-state index in [1.807, 2.05) is 39.8 Å². The summed E-state index contributed by atoms with van der Waals surface area (Å²) in [7, 11) is 0. The van der Waals surface area contributed by atoms with Gasteiger partial charge in [-0.15, -0.1) is 6.58 Å². The van der Waals surface area contributed by atoms with E-state index in [0.717, 1.165) is 16.8 Å². The maximum Gasteiger partial charge on any atom is 0.410 e. The van der Waals surface area contributed by atoms with Crippen molar-refractivity contribution >= 4 is 28.8 Å². The molecule has 0 aliphatic carbocycles. The van der Waals surface area contributed by atoms with Crippen LogP contribution in [0, 0.1) is 0 Å². The van der Waals surface area contributed by atoms with Crippen LogP contribution in [0.3, 0.4) is 0 Å². The van der Waals surface area contributed by atoms with Crippen molar-refractivity contribution in [2.45, 2.75) is 84.6 Å². The zero-order valence-corrected chi connectivity index (χ0v) is 26.7. The summed E-state index contributed by atoms with van der Waals surface area (Å²) in [6.45, 7) is 19.7. The average molecular weight is 600 g/mol. The molecule has 2 N–H and O–H groups in total. The van der Waals surface area contributed by atoms with Crippen molar-refractivity contribution < 1.29 is 14.6 Å². The molecule has 4 heterocycles. The number of hydrogen-bond donors (Lipinski definition) is 2. The highest BCUT2D eigenvalue weighted by atomic mass is 16.6. The molecule has 1 aliphatic heterocycles. The number of fused-ring (bicyclic) bond motifs is 2. The van der Waals surface area contributed by atoms with Gasteiger partial charge in [-0.25, -0.2) is 24.1 Å². The van der Waals surface area contributed by atoms with Gasteiger partial charge in [-0.1, -0.05) is 32.1 Å². The Hall–Kier alpha value is -4.51. The van der Waals surface area contributed by atoms with Crippen molar-refractivity contribution in [3.05, 3.63) is 82.4 Å². The molecule has 0 fully saturated rings. The molecular formula is C33H41N7O4. The van der Waals surface area contributed by atoms with Crippen LogP contribution >= 0.6 is 0 Å². The number of nitrogens with one attached hydrogen (secondary N) is 1. The number of pyridine rings is 1. The highest BCUT2D eigenvalue weighted by Gasteiger charge is 2.40. The lowest BCUT2D eigenvalue weighted by Crippen LogP contribution is -2.48. The molecule has 11 heteroatoms. The van der Waals surface area contributed by atoms with Crippen LogP contribution < -0.4 is 10.9 Å². The number of hydrogen-bond acceptors (Lipinski definition) is 8. The second-order valence-electron chi connectivity index (χ2n) is 13.5. The molecule has 0 saturated carbocycles. The van der Waals surface area contributed by atoms with Crippen molar-refractivity contribution in [3.63, 3.8) is 0 Å². The van der Waals surface area contributed by atoms with E-state index >= 15 is 0 Å². The van der Waals surface area contributed by atoms with E-state index in [9.17, 15) is 14.7 Å². The summed E-state index contributed by atoms with van der Waals surface area (Å²) >= 11 is 0. The molecule has 1 aromatic carbocycles. The van der Waals surface area contributed by atoms with Crippen LogP contribution in [0.15, 0.2) is 60.0 Å². The van der Waals surface area contributed by atoms with Gasteiger partial charge in [-0.2, -0.15) is 4.98 Å². The number of carbonyl (C=O) groups excluding carboxylic acids is 1. The average Bonchev–Trinajstić information content (AvgIpc) is 3.20. The van der Waals surface area contributed by atoms with E-state index in [1.54, 1.807) is 47.7 Å². The minimum atomic E-state index is -1.18. The van der Waals surface area contributed by atoms with Gasteiger partial charge in [0.25, 0.3) is 5.56 Å². The minimum Gasteiger partial charge on any atom is -0.444 e. The topological polar surface area (TPSA) is 127 Å². The van der Waals surface area contributed by atoms with Crippen LogP contribution in [0.5, 0.6) is 0 Å². The number of nitrogens with zero attached hydrogens (tertiary/aromatic N) is 6. The number of anilines is 2. The number of carbonyl (C=O) groups is 1. The summed E-state index contributed by atoms with van der Waals surface area (Å²) < 4.78 is 8.83. The van der Waals surface area contributed by atoms with Gasteiger partial charge in [-0.3, -0.25) is 4.79 Å². The third kappa shape index (κ3) is 5.84. The van der Waals surface area contributed by atoms with Crippen molar-refractivity contribution in [2.24, 2.45) is 0 Å². The first kappa shape index (κ1) is 30.9. The SMILES string of the molecule is C=CCn1c(=O)c2cnc(Nc3ccc4c(c3)C(C)N(C(=O)OC(C)(C)C)CC4(C)C)nc2n1-c1cccc(C(C)(C)O)n1. The molecular weight excluding hydrogens is 558 g/mol. The van der Waals surface area contributed by atoms with Gasteiger partial charge >= 0.3 is 6.09 Å². The Morgan fingerprint density at radius 1 is 1.18 bits per heavy atom. The largest absolute Gasteiger partial charge is 0.444 e. The summed E-state index contributed by atoms with van der Waals surface area (Å²) in [6.07, 6.45) is 2.77. The molecule has 0 spiro atoms. The highest BCUT2D eigenvalue weighted by molar-refractivity contribution is 5.77. The molecule has 1 unspecified atom stereocenters. The molecule has 1 aliphatic rings. The normalized spacial score (nSPS) is 16.5. The number of allylic oxidation sites excluding steroid dienone is 1. The fourth-order valence-corrected chi connectivity index (χ4v) is 5.58. The van der Waals surface area contributed by atoms with Crippen LogP contribution in [0.25, 0.3) is 16.9 Å². The Morgan fingerprint density at radius 3 is 2.57 bits per heavy atom. The van der Waals surface area contributed by atoms with Gasteiger partial charge in [0.05, 0.1) is 18.3 Å². The number of ether oxygens (including phenoxy) is 1. The number of benzene rings is 1. The second-order valence-corrected chi connectivity index (χ2v) is 13.5. The fraction of sp³-hybridized carbons (Fsp3) is 0.424. The Morgan fingerprint density at radius 2 is 1.91 bits per heavy atom. The van der Waals surface area contributed by atoms with Crippen LogP contribution in [0.2, 0.25) is 0 Å². The first-order valence-corrected chi connectivity index (χ1v) is 14.7. The molecule has 232 valence electrons. The lowest BCUT2D eigenvalue weighted by Gasteiger charge is -2.44. The summed E-state index contributed by atoms with van der Waals surface area (Å²) in [5.41, 5.74) is 1.35. The summed E-state index contributed by atoms with van der Waals surface area (Å²) in [4.78, 5) is 42.1. The van der Waals surface area contributed by atoms with Gasteiger partial charge < -0.3 is 20.1 Å². The third-order valence-corrected chi connectivity index (χ3v) is 7.70. The smallest absolute Gasteiger partial charge is 0.410 e. The third-order valence-electron chi connectivity index (χ3n) is 7.70. The lowest BCUT2D eigenvalue weighted by atomic mass is 9.76. The predicted octanol–water partition coefficient (Wildman–Crippen LogP) is 5.72. The monoisotopic (exact) mass is 599 g/mol. The molecule has 44 heavy (non-hydrogen) atoms. The van der Waals surface area contributed by atoms with Crippen LogP contribution in [-0.2, 0) is 22.3 Å². The number of aliphatic hydroxyl groups is 1. The van der Waals surface area contributed by atoms with Crippen molar-refractivity contribution in [2.75, 3.05) is 11.9 Å². The summed E-state index contributed by atoms with van der Waals surface area (Å²) in [6, 6.07) is 11.1. The van der Waals surface area contributed by atoms with Crippen molar-refractivity contribution in [1.82, 2.24) is 29.2 Å². The summed E-state index contributed by atoms with van der Waals surface area (Å²) in [5, 5.41) is 14.2. The van der Waals surface area contributed by atoms with Gasteiger partial charge in [0.15, 0.2) is 11.5 Å². The lowest BCUT2D eigenvalue weighted by molar-refractivity contribution is 0.00996. The minimum absolute atomic E-state index is 0.217. The van der Waals surface area contributed by atoms with E-state index in [4.69, 9.17) is 9.72 Å². The fourth-order valence-electron chi connectivity index (χ4n) is 5.58. The van der Waals surface area contributed by atoms with Gasteiger partial charge in [-0.05, 0) is 76.9 Å². The Labute approximate surface area is 257 Å². The Kier molecular flexibility index (Phi) is 7.65. The Balaban J connectivity index is 1.55. The zero-order chi connectivity index (χ0) is 32.2. The van der Waals surface area contributed by atoms with Crippen LogP contribution in [0.4, 0.5) is 16.4 Å². The van der Waals surface area contributed by atoms with E-state index in [2.05, 4.69) is 41.8 Å². The van der Waals surface area contributed by atoms with Crippen LogP contribution in [-0.4, -0.2) is 52.6 Å². The molecule has 1 amide bonds. The number of rotatable bonds is 6. The van der Waals surface area contributed by atoms with Gasteiger partial charge in [0.2, 0.25) is 5.95 Å². The first-order chi connectivity index (χ1) is 20.5. The van der Waals surface area contributed by atoms with E-state index in [0.29, 0.717) is 29.1 Å². The van der Waals surface area contributed by atoms with Gasteiger partial charge in [0, 0.05) is 23.8 Å². The second kappa shape index (κ2) is 10.9. The highest BCUT2D eigenvalue weighted by Crippen LogP contribution is 2.41. The molecule has 0 radical (unpaired) electrons. The maximum atomic E-state index is 13.4. The van der Waals surface area contributed by atoms with Crippen LogP contribution in [0.1, 0.15) is 78.3 Å². The van der Waals surface area contributed by atoms with E-state index < -0.39 is 11.2 Å². The maximum absolute atomic E-state index is 13.4. The van der Waals surface area contributed by atoms with Gasteiger partial charge in [0.1, 0.15) is 16.6 Å². The quantitative estimate of drug-likeness (QED) is 0.269. The Bertz CT molecular complexity index is 1810. The molecule has 5 rings (SSSR count). The first-order valence-electron chi connectivity index (χ1n) is 14.7. The molecule has 11 nitrogen and oxygen atoms in total. The molecule has 3 aromatic heterocycles. The predicted molar refractivity (Wildman–Crippen MR) is 170 cm³/mol. The number of amides is 1. The number of aromatic nitrogens is 5. The molecule has 4 aromatic rings. The molecule has 1 atom stereocenters. The van der Waals surface area contributed by atoms with Crippen molar-refractivity contribution in [1.29, 1.82) is 0 Å². The standard InChI is InChI=1S/C33H41N7O4/c1-10-16-39-28(41)23-18-34-29(37-27(23)40(39)26-13-11-12-25(36-26)33(8,9)43)35-21-14-15-24-22(17-21)20(2)38(19-32(24,6)7)30(42)44-31(3,4)5/h10-15,17-18,20,43H,1,16,19H2,2-9H3,(H,34,35,37). The van der Waals surface area contributed by atoms with E-state index in [1.165, 1.54) is 10.9 Å².